The minimum absolute atomic E-state index is 0.413. The Labute approximate surface area is 96.7 Å². The monoisotopic (exact) mass is 214 g/mol. The second-order valence-corrected chi connectivity index (χ2v) is 4.85. The Kier molecular flexibility index (Phi) is 2.90. The number of rotatable bonds is 2. The molecule has 16 heavy (non-hydrogen) atoms. The summed E-state index contributed by atoms with van der Waals surface area (Å²) >= 11 is 0. The highest BCUT2D eigenvalue weighted by molar-refractivity contribution is 5.87. The van der Waals surface area contributed by atoms with Crippen molar-refractivity contribution in [1.29, 1.82) is 0 Å². The lowest BCUT2D eigenvalue weighted by Gasteiger charge is -2.14. The molecule has 0 saturated heterocycles. The van der Waals surface area contributed by atoms with Crippen LogP contribution in [0, 0.1) is 0 Å². The van der Waals surface area contributed by atoms with Crippen molar-refractivity contribution in [2.45, 2.75) is 39.5 Å². The van der Waals surface area contributed by atoms with Gasteiger partial charge in [0.15, 0.2) is 0 Å². The summed E-state index contributed by atoms with van der Waals surface area (Å²) in [6.45, 7) is 8.78. The Morgan fingerprint density at radius 3 is 2.38 bits per heavy atom. The lowest BCUT2D eigenvalue weighted by molar-refractivity contribution is 0.792. The first-order valence-electron chi connectivity index (χ1n) is 5.85. The maximum Gasteiger partial charge on any atom is 0.0737 e. The molecule has 0 aliphatic rings. The molecule has 1 heterocycles. The first-order chi connectivity index (χ1) is 7.61. The van der Waals surface area contributed by atoms with E-state index in [0.717, 1.165) is 5.69 Å². The summed E-state index contributed by atoms with van der Waals surface area (Å²) in [5.74, 6) is 0.932. The number of fused-ring (bicyclic) bond motifs is 1. The third-order valence-electron chi connectivity index (χ3n) is 2.92. The Hall–Kier alpha value is -1.44. The summed E-state index contributed by atoms with van der Waals surface area (Å²) in [5, 5.41) is 10.9. The molecule has 0 aliphatic heterocycles. The molecular weight excluding hydrogens is 196 g/mol. The van der Waals surface area contributed by atoms with Gasteiger partial charge < -0.3 is 0 Å². The molecule has 0 aliphatic carbocycles. The minimum atomic E-state index is 0.413. The number of aromatic nitrogens is 2. The fraction of sp³-hybridized carbons (Fsp3) is 0.429. The normalized spacial score (nSPS) is 11.6. The third kappa shape index (κ3) is 1.80. The van der Waals surface area contributed by atoms with Crippen LogP contribution in [0.1, 0.15) is 50.8 Å². The van der Waals surface area contributed by atoms with Gasteiger partial charge in [-0.2, -0.15) is 10.2 Å². The highest BCUT2D eigenvalue weighted by Crippen LogP contribution is 2.29. The van der Waals surface area contributed by atoms with Crippen molar-refractivity contribution >= 4 is 10.8 Å². The lowest BCUT2D eigenvalue weighted by Crippen LogP contribution is -2.00. The summed E-state index contributed by atoms with van der Waals surface area (Å²) in [5.41, 5.74) is 2.48. The van der Waals surface area contributed by atoms with E-state index in [1.54, 1.807) is 0 Å². The van der Waals surface area contributed by atoms with Gasteiger partial charge in [0.1, 0.15) is 0 Å². The average molecular weight is 214 g/mol. The van der Waals surface area contributed by atoms with Gasteiger partial charge in [0.25, 0.3) is 0 Å². The molecule has 1 aromatic heterocycles. The molecule has 0 radical (unpaired) electrons. The van der Waals surface area contributed by atoms with E-state index in [2.05, 4.69) is 56.1 Å². The van der Waals surface area contributed by atoms with E-state index in [4.69, 9.17) is 0 Å². The number of hydrogen-bond donors (Lipinski definition) is 0. The fourth-order valence-electron chi connectivity index (χ4n) is 2.08. The zero-order valence-corrected chi connectivity index (χ0v) is 10.4. The second kappa shape index (κ2) is 4.20. The van der Waals surface area contributed by atoms with Crippen LogP contribution in [0.4, 0.5) is 0 Å². The zero-order valence-electron chi connectivity index (χ0n) is 10.4. The van der Waals surface area contributed by atoms with Crippen LogP contribution in [0.25, 0.3) is 10.8 Å². The molecule has 0 N–H and O–H groups in total. The molecule has 0 spiro atoms. The number of benzene rings is 1. The summed E-state index contributed by atoms with van der Waals surface area (Å²) in [4.78, 5) is 0. The maximum atomic E-state index is 4.30. The number of hydrogen-bond acceptors (Lipinski definition) is 2. The topological polar surface area (TPSA) is 25.8 Å². The first kappa shape index (κ1) is 11.1. The largest absolute Gasteiger partial charge is 0.158 e. The van der Waals surface area contributed by atoms with Crippen LogP contribution in [-0.2, 0) is 0 Å². The van der Waals surface area contributed by atoms with Crippen molar-refractivity contribution in [2.75, 3.05) is 0 Å². The molecule has 84 valence electrons. The Balaban J connectivity index is 2.82. The summed E-state index contributed by atoms with van der Waals surface area (Å²) in [7, 11) is 0. The standard InChI is InChI=1S/C14H18N2/c1-9(2)12-7-5-6-11-8-15-16-14(10(3)4)13(11)12/h5-10H,1-4H3. The number of nitrogens with zero attached hydrogens (tertiary/aromatic N) is 2. The fourth-order valence-corrected chi connectivity index (χ4v) is 2.08. The van der Waals surface area contributed by atoms with Gasteiger partial charge in [-0.05, 0) is 17.4 Å². The Bertz CT molecular complexity index is 458. The summed E-state index contributed by atoms with van der Waals surface area (Å²) < 4.78 is 0. The van der Waals surface area contributed by atoms with Crippen LogP contribution in [0.5, 0.6) is 0 Å². The lowest BCUT2D eigenvalue weighted by atomic mass is 9.93. The van der Waals surface area contributed by atoms with Crippen LogP contribution in [0.3, 0.4) is 0 Å². The third-order valence-corrected chi connectivity index (χ3v) is 2.92. The molecular formula is C14H18N2. The molecule has 1 aromatic carbocycles. The van der Waals surface area contributed by atoms with Crippen molar-refractivity contribution in [2.24, 2.45) is 0 Å². The van der Waals surface area contributed by atoms with E-state index in [1.807, 2.05) is 6.20 Å². The van der Waals surface area contributed by atoms with Gasteiger partial charge in [-0.15, -0.1) is 0 Å². The van der Waals surface area contributed by atoms with E-state index in [1.165, 1.54) is 16.3 Å². The molecule has 0 unspecified atom stereocenters. The highest BCUT2D eigenvalue weighted by Gasteiger charge is 2.12. The van der Waals surface area contributed by atoms with Crippen LogP contribution in [0.15, 0.2) is 24.4 Å². The van der Waals surface area contributed by atoms with E-state index in [-0.39, 0.29) is 0 Å². The molecule has 0 saturated carbocycles. The predicted molar refractivity (Wildman–Crippen MR) is 67.7 cm³/mol. The van der Waals surface area contributed by atoms with E-state index >= 15 is 0 Å². The van der Waals surface area contributed by atoms with Gasteiger partial charge in [-0.25, -0.2) is 0 Å². The molecule has 0 fully saturated rings. The van der Waals surface area contributed by atoms with Crippen molar-refractivity contribution in [3.05, 3.63) is 35.7 Å². The molecule has 0 bridgehead atoms. The van der Waals surface area contributed by atoms with Crippen molar-refractivity contribution in [1.82, 2.24) is 10.2 Å². The quantitative estimate of drug-likeness (QED) is 0.758. The smallest absolute Gasteiger partial charge is 0.0737 e. The van der Waals surface area contributed by atoms with Crippen LogP contribution in [0.2, 0.25) is 0 Å². The zero-order chi connectivity index (χ0) is 11.7. The highest BCUT2D eigenvalue weighted by atomic mass is 15.1. The van der Waals surface area contributed by atoms with Crippen molar-refractivity contribution < 1.29 is 0 Å². The first-order valence-corrected chi connectivity index (χ1v) is 5.85. The van der Waals surface area contributed by atoms with E-state index in [0.29, 0.717) is 11.8 Å². The van der Waals surface area contributed by atoms with Gasteiger partial charge in [0, 0.05) is 10.8 Å². The van der Waals surface area contributed by atoms with Crippen LogP contribution in [-0.4, -0.2) is 10.2 Å². The molecule has 2 rings (SSSR count). The second-order valence-electron chi connectivity index (χ2n) is 4.85. The van der Waals surface area contributed by atoms with Gasteiger partial charge >= 0.3 is 0 Å². The summed E-state index contributed by atoms with van der Waals surface area (Å²) in [6, 6.07) is 6.41. The Morgan fingerprint density at radius 1 is 1.00 bits per heavy atom. The van der Waals surface area contributed by atoms with E-state index < -0.39 is 0 Å². The van der Waals surface area contributed by atoms with Gasteiger partial charge in [0.05, 0.1) is 11.9 Å². The molecule has 2 heteroatoms. The molecule has 0 amide bonds. The molecule has 0 atom stereocenters. The minimum Gasteiger partial charge on any atom is -0.158 e. The Morgan fingerprint density at radius 2 is 1.75 bits per heavy atom. The maximum absolute atomic E-state index is 4.30. The van der Waals surface area contributed by atoms with Crippen LogP contribution < -0.4 is 0 Å². The van der Waals surface area contributed by atoms with Crippen molar-refractivity contribution in [3.8, 4) is 0 Å². The summed E-state index contributed by atoms with van der Waals surface area (Å²) in [6.07, 6.45) is 1.85. The van der Waals surface area contributed by atoms with E-state index in [9.17, 15) is 0 Å². The molecule has 2 nitrogen and oxygen atoms in total. The van der Waals surface area contributed by atoms with Crippen molar-refractivity contribution in [3.63, 3.8) is 0 Å². The molecule has 2 aromatic rings. The SMILES string of the molecule is CC(C)c1cccc2cnnc(C(C)C)c12. The predicted octanol–water partition coefficient (Wildman–Crippen LogP) is 3.88. The van der Waals surface area contributed by atoms with Gasteiger partial charge in [-0.1, -0.05) is 45.9 Å². The van der Waals surface area contributed by atoms with Gasteiger partial charge in [0.2, 0.25) is 0 Å². The van der Waals surface area contributed by atoms with Gasteiger partial charge in [-0.3, -0.25) is 0 Å². The average Bonchev–Trinajstić information content (AvgIpc) is 2.27. The van der Waals surface area contributed by atoms with Crippen LogP contribution >= 0.6 is 0 Å².